The second-order valence-electron chi connectivity index (χ2n) is 4.28. The molecule has 1 aromatic rings. The van der Waals surface area contributed by atoms with Crippen molar-refractivity contribution >= 4 is 30.8 Å². The van der Waals surface area contributed by atoms with E-state index in [0.717, 1.165) is 24.3 Å². The largest absolute Gasteiger partial charge is 0.260 e. The molecule has 2 atom stereocenters. The molecule has 0 aromatic heterocycles. The summed E-state index contributed by atoms with van der Waals surface area (Å²) in [4.78, 5) is -0.252. The van der Waals surface area contributed by atoms with Crippen LogP contribution in [0.5, 0.6) is 0 Å². The maximum absolute atomic E-state index is 12.0. The van der Waals surface area contributed by atoms with E-state index in [2.05, 4.69) is 4.72 Å². The number of hydrogen-bond acceptors (Lipinski definition) is 5. The normalized spacial score (nSPS) is 15.8. The third kappa shape index (κ3) is 4.94. The molecule has 0 bridgehead atoms. The maximum atomic E-state index is 12.0. The molecule has 7 nitrogen and oxygen atoms in total. The zero-order chi connectivity index (χ0) is 15.6. The fourth-order valence-electron chi connectivity index (χ4n) is 1.53. The Labute approximate surface area is 121 Å². The standard InChI is InChI=1S/C10H16N2O5S3/c1-8(7-18(2)13)12-20(16,17)10-5-3-9(4-6-10)19(11,14)15/h3-6,8,12H,7H2,1-2H3,(H2,11,14,15). The van der Waals surface area contributed by atoms with Gasteiger partial charge in [0, 0.05) is 28.9 Å². The fraction of sp³-hybridized carbons (Fsp3) is 0.400. The number of primary sulfonamides is 1. The van der Waals surface area contributed by atoms with Gasteiger partial charge in [-0.15, -0.1) is 0 Å². The smallest absolute Gasteiger partial charge is 0.240 e. The molecule has 0 fully saturated rings. The van der Waals surface area contributed by atoms with E-state index >= 15 is 0 Å². The van der Waals surface area contributed by atoms with Crippen LogP contribution in [0.25, 0.3) is 0 Å². The highest BCUT2D eigenvalue weighted by Crippen LogP contribution is 2.13. The Hall–Kier alpha value is -0.810. The number of nitrogens with two attached hydrogens (primary N) is 1. The molecule has 20 heavy (non-hydrogen) atoms. The molecule has 0 amide bonds. The molecule has 0 spiro atoms. The summed E-state index contributed by atoms with van der Waals surface area (Å²) in [6.07, 6.45) is 1.48. The Morgan fingerprint density at radius 3 is 2.00 bits per heavy atom. The quantitative estimate of drug-likeness (QED) is 0.714. The lowest BCUT2D eigenvalue weighted by Crippen LogP contribution is -2.36. The summed E-state index contributed by atoms with van der Waals surface area (Å²) >= 11 is 0. The van der Waals surface area contributed by atoms with Crippen molar-refractivity contribution in [3.05, 3.63) is 24.3 Å². The van der Waals surface area contributed by atoms with E-state index in [1.54, 1.807) is 6.92 Å². The minimum Gasteiger partial charge on any atom is -0.260 e. The molecule has 1 rings (SSSR count). The van der Waals surface area contributed by atoms with E-state index in [-0.39, 0.29) is 15.5 Å². The van der Waals surface area contributed by atoms with Crippen LogP contribution < -0.4 is 9.86 Å². The van der Waals surface area contributed by atoms with E-state index < -0.39 is 36.9 Å². The van der Waals surface area contributed by atoms with Gasteiger partial charge in [0.1, 0.15) is 0 Å². The van der Waals surface area contributed by atoms with Crippen LogP contribution in [-0.2, 0) is 30.8 Å². The predicted octanol–water partition coefficient (Wildman–Crippen LogP) is -0.621. The van der Waals surface area contributed by atoms with Crippen molar-refractivity contribution in [1.29, 1.82) is 0 Å². The Morgan fingerprint density at radius 2 is 1.60 bits per heavy atom. The summed E-state index contributed by atoms with van der Waals surface area (Å²) in [6, 6.07) is 4.04. The zero-order valence-corrected chi connectivity index (χ0v) is 13.4. The van der Waals surface area contributed by atoms with Crippen molar-refractivity contribution in [2.75, 3.05) is 12.0 Å². The minimum atomic E-state index is -3.86. The lowest BCUT2D eigenvalue weighted by molar-refractivity contribution is 0.569. The molecule has 114 valence electrons. The number of nitrogens with one attached hydrogen (secondary N) is 1. The first kappa shape index (κ1) is 17.2. The first-order valence-electron chi connectivity index (χ1n) is 5.47. The first-order valence-corrected chi connectivity index (χ1v) is 10.2. The zero-order valence-electron chi connectivity index (χ0n) is 10.9. The van der Waals surface area contributed by atoms with Crippen molar-refractivity contribution < 1.29 is 21.0 Å². The molecule has 0 saturated carbocycles. The summed E-state index contributed by atoms with van der Waals surface area (Å²) in [5.74, 6) is 0.189. The van der Waals surface area contributed by atoms with Gasteiger partial charge in [0.2, 0.25) is 20.0 Å². The van der Waals surface area contributed by atoms with E-state index in [9.17, 15) is 21.0 Å². The van der Waals surface area contributed by atoms with Gasteiger partial charge in [-0.05, 0) is 31.2 Å². The van der Waals surface area contributed by atoms with E-state index in [1.165, 1.54) is 6.26 Å². The van der Waals surface area contributed by atoms with Crippen LogP contribution in [0.1, 0.15) is 6.92 Å². The fourth-order valence-corrected chi connectivity index (χ4v) is 4.18. The van der Waals surface area contributed by atoms with Gasteiger partial charge in [-0.25, -0.2) is 26.7 Å². The number of rotatable bonds is 6. The minimum absolute atomic E-state index is 0.0846. The highest BCUT2D eigenvalue weighted by Gasteiger charge is 2.19. The first-order chi connectivity index (χ1) is 9.02. The van der Waals surface area contributed by atoms with Crippen LogP contribution in [0, 0.1) is 0 Å². The summed E-state index contributed by atoms with van der Waals surface area (Å²) < 4.78 is 59.5. The lowest BCUT2D eigenvalue weighted by Gasteiger charge is -2.13. The van der Waals surface area contributed by atoms with E-state index in [4.69, 9.17) is 5.14 Å². The SMILES string of the molecule is CC(CS(C)=O)NS(=O)(=O)c1ccc(S(N)(=O)=O)cc1. The van der Waals surface area contributed by atoms with Crippen LogP contribution in [0.2, 0.25) is 0 Å². The Morgan fingerprint density at radius 1 is 1.15 bits per heavy atom. The molecule has 0 aliphatic carbocycles. The van der Waals surface area contributed by atoms with Gasteiger partial charge in [0.15, 0.2) is 0 Å². The second kappa shape index (κ2) is 6.31. The summed E-state index contributed by atoms with van der Waals surface area (Å²) in [7, 11) is -8.77. The van der Waals surface area contributed by atoms with Gasteiger partial charge in [0.05, 0.1) is 9.79 Å². The van der Waals surface area contributed by atoms with Gasteiger partial charge >= 0.3 is 0 Å². The molecule has 0 saturated heterocycles. The molecule has 0 aliphatic rings. The maximum Gasteiger partial charge on any atom is 0.240 e. The molecule has 1 aromatic carbocycles. The van der Waals surface area contributed by atoms with Gasteiger partial charge < -0.3 is 0 Å². The van der Waals surface area contributed by atoms with Crippen molar-refractivity contribution in [3.63, 3.8) is 0 Å². The molecule has 3 N–H and O–H groups in total. The number of hydrogen-bond donors (Lipinski definition) is 2. The molecule has 2 unspecified atom stereocenters. The molecule has 0 aliphatic heterocycles. The number of sulfonamides is 2. The molecule has 0 radical (unpaired) electrons. The number of benzene rings is 1. The van der Waals surface area contributed by atoms with Crippen LogP contribution in [-0.4, -0.2) is 39.1 Å². The third-order valence-electron chi connectivity index (χ3n) is 2.30. The Kier molecular flexibility index (Phi) is 5.44. The molecular weight excluding hydrogens is 324 g/mol. The van der Waals surface area contributed by atoms with E-state index in [0.29, 0.717) is 0 Å². The highest BCUT2D eigenvalue weighted by atomic mass is 32.2. The van der Waals surface area contributed by atoms with Gasteiger partial charge in [0.25, 0.3) is 0 Å². The second-order valence-corrected chi connectivity index (χ2v) is 9.03. The monoisotopic (exact) mass is 340 g/mol. The van der Waals surface area contributed by atoms with Crippen molar-refractivity contribution in [1.82, 2.24) is 4.72 Å². The molecule has 0 heterocycles. The lowest BCUT2D eigenvalue weighted by atomic mass is 10.4. The van der Waals surface area contributed by atoms with Crippen LogP contribution in [0.4, 0.5) is 0 Å². The van der Waals surface area contributed by atoms with Crippen molar-refractivity contribution in [3.8, 4) is 0 Å². The van der Waals surface area contributed by atoms with Gasteiger partial charge in [-0.3, -0.25) is 4.21 Å². The van der Waals surface area contributed by atoms with Crippen LogP contribution in [0.15, 0.2) is 34.1 Å². The summed E-state index contributed by atoms with van der Waals surface area (Å²) in [5.41, 5.74) is 0. The Balaban J connectivity index is 2.96. The van der Waals surface area contributed by atoms with Crippen molar-refractivity contribution in [2.45, 2.75) is 22.8 Å². The van der Waals surface area contributed by atoms with Crippen molar-refractivity contribution in [2.24, 2.45) is 5.14 Å². The third-order valence-corrected chi connectivity index (χ3v) is 5.81. The van der Waals surface area contributed by atoms with Crippen LogP contribution >= 0.6 is 0 Å². The average Bonchev–Trinajstić information content (AvgIpc) is 2.26. The summed E-state index contributed by atoms with van der Waals surface area (Å²) in [5, 5.41) is 4.92. The topological polar surface area (TPSA) is 123 Å². The Bertz CT molecular complexity index is 695. The van der Waals surface area contributed by atoms with Gasteiger partial charge in [-0.1, -0.05) is 0 Å². The summed E-state index contributed by atoms with van der Waals surface area (Å²) in [6.45, 7) is 1.59. The van der Waals surface area contributed by atoms with Gasteiger partial charge in [-0.2, -0.15) is 0 Å². The van der Waals surface area contributed by atoms with Crippen LogP contribution in [0.3, 0.4) is 0 Å². The predicted molar refractivity (Wildman–Crippen MR) is 76.5 cm³/mol. The molecule has 10 heteroatoms. The average molecular weight is 340 g/mol. The highest BCUT2D eigenvalue weighted by molar-refractivity contribution is 7.90. The molecular formula is C10H16N2O5S3. The van der Waals surface area contributed by atoms with E-state index in [1.807, 2.05) is 0 Å².